The van der Waals surface area contributed by atoms with Gasteiger partial charge in [0.25, 0.3) is 0 Å². The maximum atomic E-state index is 13.9. The summed E-state index contributed by atoms with van der Waals surface area (Å²) in [5.74, 6) is 1.21. The Balaban J connectivity index is 1.60. The summed E-state index contributed by atoms with van der Waals surface area (Å²) in [5, 5.41) is 7.43. The molecule has 4 nitrogen and oxygen atoms in total. The van der Waals surface area contributed by atoms with Crippen LogP contribution in [-0.4, -0.2) is 17.8 Å². The van der Waals surface area contributed by atoms with Gasteiger partial charge in [0.1, 0.15) is 17.3 Å². The highest BCUT2D eigenvalue weighted by molar-refractivity contribution is 6.30. The molecule has 2 aliphatic rings. The SMILES string of the molecule is COc1cccc(C2=NN3[C@H](C2)c2cc(Cl)ccc2O[C@@H]3c2cccc(F)c2)c1. The minimum atomic E-state index is -0.521. The van der Waals surface area contributed by atoms with E-state index in [-0.39, 0.29) is 11.9 Å². The third-order valence-electron chi connectivity index (χ3n) is 5.29. The summed E-state index contributed by atoms with van der Waals surface area (Å²) in [6.07, 6.45) is 0.169. The maximum Gasteiger partial charge on any atom is 0.213 e. The number of methoxy groups -OCH3 is 1. The van der Waals surface area contributed by atoms with E-state index in [4.69, 9.17) is 26.2 Å². The van der Waals surface area contributed by atoms with E-state index in [0.717, 1.165) is 28.3 Å². The highest BCUT2D eigenvalue weighted by Gasteiger charge is 2.41. The van der Waals surface area contributed by atoms with Crippen molar-refractivity contribution in [2.24, 2.45) is 5.10 Å². The predicted molar refractivity (Wildman–Crippen MR) is 110 cm³/mol. The van der Waals surface area contributed by atoms with Gasteiger partial charge in [0.05, 0.1) is 18.9 Å². The summed E-state index contributed by atoms with van der Waals surface area (Å²) < 4.78 is 25.5. The van der Waals surface area contributed by atoms with E-state index < -0.39 is 6.23 Å². The fraction of sp³-hybridized carbons (Fsp3) is 0.174. The Morgan fingerprint density at radius 3 is 2.79 bits per heavy atom. The van der Waals surface area contributed by atoms with E-state index in [1.165, 1.54) is 12.1 Å². The first-order valence-electron chi connectivity index (χ1n) is 9.34. The Bertz CT molecular complexity index is 1120. The van der Waals surface area contributed by atoms with Crippen LogP contribution in [0.3, 0.4) is 0 Å². The van der Waals surface area contributed by atoms with Gasteiger partial charge >= 0.3 is 0 Å². The largest absolute Gasteiger partial charge is 0.497 e. The van der Waals surface area contributed by atoms with Gasteiger partial charge < -0.3 is 9.47 Å². The van der Waals surface area contributed by atoms with Crippen LogP contribution in [0.4, 0.5) is 4.39 Å². The fourth-order valence-electron chi connectivity index (χ4n) is 3.92. The molecule has 2 aliphatic heterocycles. The Labute approximate surface area is 173 Å². The van der Waals surface area contributed by atoms with E-state index in [1.807, 2.05) is 47.5 Å². The Morgan fingerprint density at radius 2 is 1.97 bits per heavy atom. The second kappa shape index (κ2) is 7.08. The van der Waals surface area contributed by atoms with Gasteiger partial charge in [-0.05, 0) is 42.5 Å². The van der Waals surface area contributed by atoms with Crippen molar-refractivity contribution in [3.8, 4) is 11.5 Å². The quantitative estimate of drug-likeness (QED) is 0.555. The number of hydrogen-bond acceptors (Lipinski definition) is 4. The number of fused-ring (bicyclic) bond motifs is 3. The number of ether oxygens (including phenoxy) is 2. The molecule has 146 valence electrons. The van der Waals surface area contributed by atoms with Crippen LogP contribution in [0.25, 0.3) is 0 Å². The average Bonchev–Trinajstić information content (AvgIpc) is 3.19. The van der Waals surface area contributed by atoms with Gasteiger partial charge in [0.15, 0.2) is 0 Å². The number of hydrazone groups is 1. The van der Waals surface area contributed by atoms with Crippen LogP contribution >= 0.6 is 11.6 Å². The van der Waals surface area contributed by atoms with Crippen LogP contribution in [0.15, 0.2) is 71.8 Å². The van der Waals surface area contributed by atoms with Crippen LogP contribution in [0.1, 0.15) is 35.4 Å². The first-order valence-corrected chi connectivity index (χ1v) is 9.72. The van der Waals surface area contributed by atoms with Gasteiger partial charge in [0, 0.05) is 28.1 Å². The molecule has 0 unspecified atom stereocenters. The zero-order chi connectivity index (χ0) is 20.0. The van der Waals surface area contributed by atoms with Crippen molar-refractivity contribution in [2.45, 2.75) is 18.7 Å². The lowest BCUT2D eigenvalue weighted by Crippen LogP contribution is -2.33. The molecule has 0 bridgehead atoms. The molecule has 6 heteroatoms. The van der Waals surface area contributed by atoms with Gasteiger partial charge in [-0.25, -0.2) is 9.40 Å². The number of nitrogens with zero attached hydrogens (tertiary/aromatic N) is 2. The molecule has 0 fully saturated rings. The van der Waals surface area contributed by atoms with Crippen LogP contribution in [-0.2, 0) is 0 Å². The Hall–Kier alpha value is -3.05. The normalized spacial score (nSPS) is 19.8. The van der Waals surface area contributed by atoms with E-state index >= 15 is 0 Å². The van der Waals surface area contributed by atoms with Gasteiger partial charge in [-0.3, -0.25) is 0 Å². The highest BCUT2D eigenvalue weighted by atomic mass is 35.5. The molecule has 0 aromatic heterocycles. The van der Waals surface area contributed by atoms with Gasteiger partial charge in [-0.1, -0.05) is 35.9 Å². The molecule has 0 aliphatic carbocycles. The molecule has 2 heterocycles. The molecule has 0 amide bonds. The lowest BCUT2D eigenvalue weighted by atomic mass is 9.96. The van der Waals surface area contributed by atoms with E-state index in [1.54, 1.807) is 19.2 Å². The number of hydrogen-bond donors (Lipinski definition) is 0. The smallest absolute Gasteiger partial charge is 0.213 e. The van der Waals surface area contributed by atoms with Crippen molar-refractivity contribution >= 4 is 17.3 Å². The zero-order valence-electron chi connectivity index (χ0n) is 15.7. The molecule has 0 saturated heterocycles. The van der Waals surface area contributed by atoms with Crippen molar-refractivity contribution in [1.29, 1.82) is 0 Å². The first-order chi connectivity index (χ1) is 14.1. The van der Waals surface area contributed by atoms with Crippen LogP contribution in [0.2, 0.25) is 5.02 Å². The molecule has 3 aromatic carbocycles. The molecule has 29 heavy (non-hydrogen) atoms. The van der Waals surface area contributed by atoms with Crippen molar-refractivity contribution in [2.75, 3.05) is 7.11 Å². The van der Waals surface area contributed by atoms with Gasteiger partial charge in [0.2, 0.25) is 6.23 Å². The Kier molecular flexibility index (Phi) is 4.40. The fourth-order valence-corrected chi connectivity index (χ4v) is 4.10. The van der Waals surface area contributed by atoms with Gasteiger partial charge in [-0.15, -0.1) is 0 Å². The third-order valence-corrected chi connectivity index (χ3v) is 5.52. The molecule has 5 rings (SSSR count). The summed E-state index contributed by atoms with van der Waals surface area (Å²) in [6.45, 7) is 0. The second-order valence-corrected chi connectivity index (χ2v) is 7.52. The number of halogens is 2. The molecule has 0 N–H and O–H groups in total. The van der Waals surface area contributed by atoms with Crippen LogP contribution < -0.4 is 9.47 Å². The van der Waals surface area contributed by atoms with Crippen molar-refractivity contribution < 1.29 is 13.9 Å². The summed E-state index contributed by atoms with van der Waals surface area (Å²) in [7, 11) is 1.64. The first kappa shape index (κ1) is 18.0. The van der Waals surface area contributed by atoms with Crippen molar-refractivity contribution in [3.63, 3.8) is 0 Å². The number of benzene rings is 3. The minimum absolute atomic E-state index is 0.0491. The average molecular weight is 409 g/mol. The molecule has 0 radical (unpaired) electrons. The number of rotatable bonds is 3. The highest BCUT2D eigenvalue weighted by Crippen LogP contribution is 2.48. The predicted octanol–water partition coefficient (Wildman–Crippen LogP) is 5.73. The third kappa shape index (κ3) is 3.21. The molecular formula is C23H18ClFN2O2. The molecule has 2 atom stereocenters. The summed E-state index contributed by atoms with van der Waals surface area (Å²) in [6, 6.07) is 19.8. The van der Waals surface area contributed by atoms with Crippen molar-refractivity contribution in [3.05, 3.63) is 94.3 Å². The van der Waals surface area contributed by atoms with Crippen LogP contribution in [0, 0.1) is 5.82 Å². The topological polar surface area (TPSA) is 34.1 Å². The standard InChI is InChI=1S/C23H18ClFN2O2/c1-28-18-7-3-4-14(11-18)20-13-21-19-12-16(24)8-9-22(19)29-23(27(21)26-20)15-5-2-6-17(25)10-15/h2-12,21,23H,13H2,1H3/t21-,23-/m1/s1. The monoisotopic (exact) mass is 408 g/mol. The molecule has 0 spiro atoms. The van der Waals surface area contributed by atoms with Crippen LogP contribution in [0.5, 0.6) is 11.5 Å². The zero-order valence-corrected chi connectivity index (χ0v) is 16.4. The van der Waals surface area contributed by atoms with E-state index in [9.17, 15) is 4.39 Å². The summed E-state index contributed by atoms with van der Waals surface area (Å²) >= 11 is 6.26. The molecular weight excluding hydrogens is 391 g/mol. The summed E-state index contributed by atoms with van der Waals surface area (Å²) in [4.78, 5) is 0. The molecule has 3 aromatic rings. The second-order valence-electron chi connectivity index (χ2n) is 7.09. The maximum absolute atomic E-state index is 13.9. The van der Waals surface area contributed by atoms with Gasteiger partial charge in [-0.2, -0.15) is 5.10 Å². The van der Waals surface area contributed by atoms with E-state index in [2.05, 4.69) is 0 Å². The lowest BCUT2D eigenvalue weighted by molar-refractivity contribution is -0.0192. The minimum Gasteiger partial charge on any atom is -0.497 e. The van der Waals surface area contributed by atoms with Crippen molar-refractivity contribution in [1.82, 2.24) is 5.01 Å². The lowest BCUT2D eigenvalue weighted by Gasteiger charge is -2.38. The molecule has 0 saturated carbocycles. The Morgan fingerprint density at radius 1 is 1.10 bits per heavy atom. The van der Waals surface area contributed by atoms with E-state index in [0.29, 0.717) is 17.0 Å². The summed E-state index contributed by atoms with van der Waals surface area (Å²) in [5.41, 5.74) is 3.60.